The fraction of sp³-hybridized carbons (Fsp3) is 0.250. The molecule has 0 saturated heterocycles. The Morgan fingerprint density at radius 3 is 2.82 bits per heavy atom. The zero-order valence-electron chi connectivity index (χ0n) is 12.3. The zero-order valence-corrected chi connectivity index (χ0v) is 12.3. The highest BCUT2D eigenvalue weighted by Crippen LogP contribution is 2.29. The van der Waals surface area contributed by atoms with Crippen LogP contribution in [0, 0.1) is 0 Å². The normalized spacial score (nSPS) is 12.5. The predicted octanol–water partition coefficient (Wildman–Crippen LogP) is 3.30. The van der Waals surface area contributed by atoms with E-state index in [4.69, 9.17) is 9.47 Å². The van der Waals surface area contributed by atoms with Crippen LogP contribution in [0.1, 0.15) is 25.5 Å². The van der Waals surface area contributed by atoms with Gasteiger partial charge in [-0.15, -0.1) is 0 Å². The van der Waals surface area contributed by atoms with E-state index in [9.17, 15) is 9.90 Å². The number of nitrogens with zero attached hydrogens (tertiary/aromatic N) is 1. The molecule has 0 aliphatic heterocycles. The van der Waals surface area contributed by atoms with Gasteiger partial charge in [-0.25, -0.2) is 9.78 Å². The summed E-state index contributed by atoms with van der Waals surface area (Å²) in [5.41, 5.74) is 2.57. The lowest BCUT2D eigenvalue weighted by Gasteiger charge is -2.04. The molecule has 0 fully saturated rings. The second kappa shape index (κ2) is 5.65. The molecule has 0 amide bonds. The number of aromatic amines is 1. The van der Waals surface area contributed by atoms with Gasteiger partial charge in [0.15, 0.2) is 0 Å². The number of carbonyl (C=O) groups is 1. The predicted molar refractivity (Wildman–Crippen MR) is 81.9 cm³/mol. The van der Waals surface area contributed by atoms with Crippen LogP contribution in [0.5, 0.6) is 5.88 Å². The van der Waals surface area contributed by atoms with Crippen LogP contribution < -0.4 is 4.74 Å². The van der Waals surface area contributed by atoms with Gasteiger partial charge in [-0.05, 0) is 31.5 Å². The van der Waals surface area contributed by atoms with E-state index in [-0.39, 0.29) is 12.5 Å². The largest absolute Gasteiger partial charge is 0.515 e. The van der Waals surface area contributed by atoms with Crippen LogP contribution in [-0.4, -0.2) is 27.8 Å². The van der Waals surface area contributed by atoms with Gasteiger partial charge in [0.25, 0.3) is 0 Å². The van der Waals surface area contributed by atoms with Gasteiger partial charge in [0, 0.05) is 22.4 Å². The summed E-state index contributed by atoms with van der Waals surface area (Å²) in [7, 11) is 0. The van der Waals surface area contributed by atoms with E-state index in [1.54, 1.807) is 26.1 Å². The van der Waals surface area contributed by atoms with Crippen molar-refractivity contribution in [3.05, 3.63) is 36.0 Å². The summed E-state index contributed by atoms with van der Waals surface area (Å²) in [5.74, 6) is 0.175. The molecule has 114 valence electrons. The van der Waals surface area contributed by atoms with Gasteiger partial charge in [-0.3, -0.25) is 0 Å². The number of ether oxygens (including phenoxy) is 2. The van der Waals surface area contributed by atoms with Crippen molar-refractivity contribution in [2.24, 2.45) is 0 Å². The number of benzene rings is 1. The highest BCUT2D eigenvalue weighted by molar-refractivity contribution is 6.07. The van der Waals surface area contributed by atoms with Crippen molar-refractivity contribution in [1.82, 2.24) is 9.97 Å². The molecule has 1 aromatic carbocycles. The van der Waals surface area contributed by atoms with Crippen molar-refractivity contribution in [1.29, 1.82) is 0 Å². The average molecular weight is 300 g/mol. The fourth-order valence-electron chi connectivity index (χ4n) is 2.35. The Balaban J connectivity index is 2.07. The molecular formula is C16H16N2O4. The number of hydrogen-bond donors (Lipinski definition) is 2. The lowest BCUT2D eigenvalue weighted by molar-refractivity contribution is 0.103. The number of fused-ring (bicyclic) bond motifs is 3. The minimum Gasteiger partial charge on any atom is -0.434 e. The first-order valence-corrected chi connectivity index (χ1v) is 7.02. The van der Waals surface area contributed by atoms with E-state index in [0.717, 1.165) is 27.4 Å². The van der Waals surface area contributed by atoms with Gasteiger partial charge in [0.1, 0.15) is 0 Å². The Labute approximate surface area is 126 Å². The molecule has 1 atom stereocenters. The number of hydrogen-bond acceptors (Lipinski definition) is 5. The van der Waals surface area contributed by atoms with Crippen molar-refractivity contribution in [3.63, 3.8) is 0 Å². The number of aliphatic hydroxyl groups is 1. The quantitative estimate of drug-likeness (QED) is 0.725. The molecule has 0 radical (unpaired) electrons. The van der Waals surface area contributed by atoms with E-state index in [2.05, 4.69) is 9.97 Å². The standard InChI is InChI=1S/C16H16N2O4/c1-3-21-16(20)22-15-7-12-11-6-10(9(2)19)4-5-13(11)18-14(12)8-17-15/h4-9,18-19H,3H2,1-2H3. The molecule has 2 aromatic heterocycles. The number of H-pyrrole nitrogens is 1. The maximum Gasteiger partial charge on any atom is 0.515 e. The molecule has 22 heavy (non-hydrogen) atoms. The van der Waals surface area contributed by atoms with E-state index < -0.39 is 12.3 Å². The summed E-state index contributed by atoms with van der Waals surface area (Å²) >= 11 is 0. The Morgan fingerprint density at radius 1 is 1.32 bits per heavy atom. The number of aromatic nitrogens is 2. The molecule has 6 heteroatoms. The molecule has 3 rings (SSSR count). The minimum atomic E-state index is -0.779. The third-order valence-corrected chi connectivity index (χ3v) is 3.41. The second-order valence-electron chi connectivity index (χ2n) is 4.96. The lowest BCUT2D eigenvalue weighted by Crippen LogP contribution is -2.10. The Morgan fingerprint density at radius 2 is 2.09 bits per heavy atom. The van der Waals surface area contributed by atoms with Crippen LogP contribution in [0.2, 0.25) is 0 Å². The van der Waals surface area contributed by atoms with Crippen molar-refractivity contribution in [3.8, 4) is 5.88 Å². The maximum absolute atomic E-state index is 11.4. The lowest BCUT2D eigenvalue weighted by atomic mass is 10.1. The van der Waals surface area contributed by atoms with Gasteiger partial charge < -0.3 is 19.6 Å². The smallest absolute Gasteiger partial charge is 0.434 e. The fourth-order valence-corrected chi connectivity index (χ4v) is 2.35. The van der Waals surface area contributed by atoms with Crippen LogP contribution in [0.25, 0.3) is 21.8 Å². The van der Waals surface area contributed by atoms with Crippen LogP contribution in [-0.2, 0) is 4.74 Å². The van der Waals surface area contributed by atoms with Crippen molar-refractivity contribution in [2.75, 3.05) is 6.61 Å². The average Bonchev–Trinajstić information content (AvgIpc) is 2.84. The minimum absolute atomic E-state index is 0.175. The molecule has 0 saturated carbocycles. The topological polar surface area (TPSA) is 84.4 Å². The molecule has 3 aromatic rings. The maximum atomic E-state index is 11.4. The molecule has 0 spiro atoms. The molecule has 0 aliphatic carbocycles. The highest BCUT2D eigenvalue weighted by Gasteiger charge is 2.11. The van der Waals surface area contributed by atoms with Gasteiger partial charge in [-0.1, -0.05) is 6.07 Å². The van der Waals surface area contributed by atoms with E-state index in [1.807, 2.05) is 18.2 Å². The molecule has 1 unspecified atom stereocenters. The molecule has 2 N–H and O–H groups in total. The highest BCUT2D eigenvalue weighted by atomic mass is 16.7. The van der Waals surface area contributed by atoms with Crippen LogP contribution >= 0.6 is 0 Å². The van der Waals surface area contributed by atoms with Gasteiger partial charge in [-0.2, -0.15) is 0 Å². The number of aliphatic hydroxyl groups excluding tert-OH is 1. The first kappa shape index (κ1) is 14.3. The molecule has 6 nitrogen and oxygen atoms in total. The van der Waals surface area contributed by atoms with Gasteiger partial charge in [0.05, 0.1) is 24.4 Å². The van der Waals surface area contributed by atoms with Crippen molar-refractivity contribution >= 4 is 28.0 Å². The number of carbonyl (C=O) groups excluding carboxylic acids is 1. The third-order valence-electron chi connectivity index (χ3n) is 3.41. The summed E-state index contributed by atoms with van der Waals surface area (Å²) < 4.78 is 9.76. The Bertz CT molecular complexity index is 839. The second-order valence-corrected chi connectivity index (χ2v) is 4.96. The van der Waals surface area contributed by atoms with E-state index in [0.29, 0.717) is 0 Å². The van der Waals surface area contributed by atoms with Gasteiger partial charge >= 0.3 is 6.16 Å². The van der Waals surface area contributed by atoms with Crippen LogP contribution in [0.3, 0.4) is 0 Å². The SMILES string of the molecule is CCOC(=O)Oc1cc2c(cn1)[nH]c1ccc(C(C)O)cc12. The number of rotatable bonds is 3. The summed E-state index contributed by atoms with van der Waals surface area (Å²) in [5, 5.41) is 11.5. The monoisotopic (exact) mass is 300 g/mol. The summed E-state index contributed by atoms with van der Waals surface area (Å²) in [6.45, 7) is 3.66. The molecule has 0 bridgehead atoms. The Kier molecular flexibility index (Phi) is 3.68. The summed E-state index contributed by atoms with van der Waals surface area (Å²) in [4.78, 5) is 18.7. The van der Waals surface area contributed by atoms with E-state index in [1.165, 1.54) is 0 Å². The zero-order chi connectivity index (χ0) is 15.7. The first-order chi connectivity index (χ1) is 10.6. The third kappa shape index (κ3) is 2.60. The van der Waals surface area contributed by atoms with Crippen LogP contribution in [0.15, 0.2) is 30.5 Å². The number of pyridine rings is 1. The van der Waals surface area contributed by atoms with Crippen molar-refractivity contribution < 1.29 is 19.4 Å². The molecular weight excluding hydrogens is 284 g/mol. The summed E-state index contributed by atoms with van der Waals surface area (Å²) in [6.07, 6.45) is 0.275. The van der Waals surface area contributed by atoms with E-state index >= 15 is 0 Å². The Hall–Kier alpha value is -2.60. The molecule has 2 heterocycles. The summed E-state index contributed by atoms with van der Waals surface area (Å²) in [6, 6.07) is 7.36. The first-order valence-electron chi connectivity index (χ1n) is 7.02. The van der Waals surface area contributed by atoms with Crippen molar-refractivity contribution in [2.45, 2.75) is 20.0 Å². The van der Waals surface area contributed by atoms with Crippen LogP contribution in [0.4, 0.5) is 4.79 Å². The number of nitrogens with one attached hydrogen (secondary N) is 1. The molecule has 0 aliphatic rings. The van der Waals surface area contributed by atoms with Gasteiger partial charge in [0.2, 0.25) is 5.88 Å².